The van der Waals surface area contributed by atoms with E-state index in [4.69, 9.17) is 39.5 Å². The third kappa shape index (κ3) is 4.81. The summed E-state index contributed by atoms with van der Waals surface area (Å²) in [6.45, 7) is 0. The number of methoxy groups -OCH3 is 1. The maximum Gasteiger partial charge on any atom is 0.122 e. The van der Waals surface area contributed by atoms with Crippen molar-refractivity contribution in [1.82, 2.24) is 0 Å². The molecule has 1 unspecified atom stereocenters. The minimum absolute atomic E-state index is 0.303. The van der Waals surface area contributed by atoms with Gasteiger partial charge in [0.1, 0.15) is 5.75 Å². The van der Waals surface area contributed by atoms with Crippen LogP contribution in [-0.4, -0.2) is 13.0 Å². The van der Waals surface area contributed by atoms with Gasteiger partial charge in [0.25, 0.3) is 0 Å². The van der Waals surface area contributed by atoms with Crippen LogP contribution in [0.15, 0.2) is 42.5 Å². The highest BCUT2D eigenvalue weighted by Crippen LogP contribution is 2.27. The van der Waals surface area contributed by atoms with Gasteiger partial charge in [-0.2, -0.15) is 0 Å². The highest BCUT2D eigenvalue weighted by molar-refractivity contribution is 6.30. The third-order valence-corrected chi connectivity index (χ3v) is 4.29. The van der Waals surface area contributed by atoms with E-state index in [2.05, 4.69) is 6.07 Å². The number of hydrogen-bond donors (Lipinski definition) is 0. The molecule has 0 aliphatic heterocycles. The Morgan fingerprint density at radius 1 is 1.00 bits per heavy atom. The van der Waals surface area contributed by atoms with E-state index in [1.54, 1.807) is 7.11 Å². The third-order valence-electron chi connectivity index (χ3n) is 3.38. The standard InChI is InChI=1S/C17H17Cl3O/c1-21-17-6-5-16(20)10-14(17)8-13(11-18)7-12-3-2-4-15(19)9-12/h2-6,9-10,13H,7-8,11H2,1H3. The average Bonchev–Trinajstić information content (AvgIpc) is 2.47. The van der Waals surface area contributed by atoms with Crippen LogP contribution < -0.4 is 4.74 Å². The zero-order valence-electron chi connectivity index (χ0n) is 11.8. The van der Waals surface area contributed by atoms with Gasteiger partial charge in [0.15, 0.2) is 0 Å². The van der Waals surface area contributed by atoms with E-state index in [1.165, 1.54) is 5.56 Å². The number of alkyl halides is 1. The Hall–Kier alpha value is -0.890. The van der Waals surface area contributed by atoms with Crippen LogP contribution in [0, 0.1) is 5.92 Å². The van der Waals surface area contributed by atoms with Crippen molar-refractivity contribution < 1.29 is 4.74 Å². The van der Waals surface area contributed by atoms with E-state index in [-0.39, 0.29) is 0 Å². The first kappa shape index (κ1) is 16.5. The second-order valence-electron chi connectivity index (χ2n) is 5.01. The van der Waals surface area contributed by atoms with E-state index in [9.17, 15) is 0 Å². The Bertz CT molecular complexity index is 598. The van der Waals surface area contributed by atoms with Gasteiger partial charge in [0.05, 0.1) is 7.11 Å². The Labute approximate surface area is 140 Å². The first-order valence-electron chi connectivity index (χ1n) is 6.75. The summed E-state index contributed by atoms with van der Waals surface area (Å²) in [5.74, 6) is 1.72. The fourth-order valence-electron chi connectivity index (χ4n) is 2.40. The number of rotatable bonds is 6. The molecule has 0 saturated carbocycles. The Morgan fingerprint density at radius 3 is 2.43 bits per heavy atom. The predicted molar refractivity (Wildman–Crippen MR) is 91.1 cm³/mol. The minimum atomic E-state index is 0.303. The summed E-state index contributed by atoms with van der Waals surface area (Å²) >= 11 is 18.2. The van der Waals surface area contributed by atoms with Crippen LogP contribution in [0.2, 0.25) is 10.0 Å². The fraction of sp³-hybridized carbons (Fsp3) is 0.294. The summed E-state index contributed by atoms with van der Waals surface area (Å²) in [7, 11) is 1.67. The smallest absolute Gasteiger partial charge is 0.122 e. The molecule has 2 rings (SSSR count). The van der Waals surface area contributed by atoms with Gasteiger partial charge in [-0.15, -0.1) is 11.6 Å². The van der Waals surface area contributed by atoms with Crippen LogP contribution >= 0.6 is 34.8 Å². The molecule has 1 atom stereocenters. The van der Waals surface area contributed by atoms with Crippen LogP contribution in [0.25, 0.3) is 0 Å². The van der Waals surface area contributed by atoms with Gasteiger partial charge in [-0.25, -0.2) is 0 Å². The van der Waals surface area contributed by atoms with Gasteiger partial charge in [-0.3, -0.25) is 0 Å². The summed E-state index contributed by atoms with van der Waals surface area (Å²) < 4.78 is 5.39. The zero-order valence-corrected chi connectivity index (χ0v) is 14.1. The van der Waals surface area contributed by atoms with E-state index in [0.29, 0.717) is 16.8 Å². The molecule has 0 saturated heterocycles. The molecule has 0 spiro atoms. The lowest BCUT2D eigenvalue weighted by atomic mass is 9.93. The molecule has 0 amide bonds. The first-order valence-corrected chi connectivity index (χ1v) is 8.04. The van der Waals surface area contributed by atoms with Crippen molar-refractivity contribution in [3.63, 3.8) is 0 Å². The fourth-order valence-corrected chi connectivity index (χ4v) is 3.02. The Balaban J connectivity index is 2.14. The van der Waals surface area contributed by atoms with Gasteiger partial charge >= 0.3 is 0 Å². The predicted octanol–water partition coefficient (Wildman–Crippen LogP) is 5.64. The summed E-state index contributed by atoms with van der Waals surface area (Å²) in [5.41, 5.74) is 2.27. The molecule has 0 N–H and O–H groups in total. The van der Waals surface area contributed by atoms with Crippen molar-refractivity contribution in [1.29, 1.82) is 0 Å². The molecular formula is C17H17Cl3O. The van der Waals surface area contributed by atoms with Crippen molar-refractivity contribution in [2.45, 2.75) is 12.8 Å². The molecule has 21 heavy (non-hydrogen) atoms. The van der Waals surface area contributed by atoms with E-state index in [0.717, 1.165) is 29.2 Å². The van der Waals surface area contributed by atoms with Gasteiger partial charge in [0, 0.05) is 15.9 Å². The van der Waals surface area contributed by atoms with Gasteiger partial charge in [-0.1, -0.05) is 35.3 Å². The molecule has 0 fully saturated rings. The maximum atomic E-state index is 6.14. The second-order valence-corrected chi connectivity index (χ2v) is 6.20. The topological polar surface area (TPSA) is 9.23 Å². The number of hydrogen-bond acceptors (Lipinski definition) is 1. The second kappa shape index (κ2) is 7.93. The molecule has 0 aromatic heterocycles. The van der Waals surface area contributed by atoms with Crippen molar-refractivity contribution >= 4 is 34.8 Å². The van der Waals surface area contributed by atoms with Crippen LogP contribution in [-0.2, 0) is 12.8 Å². The van der Waals surface area contributed by atoms with E-state index in [1.807, 2.05) is 36.4 Å². The van der Waals surface area contributed by atoms with Gasteiger partial charge < -0.3 is 4.74 Å². The highest BCUT2D eigenvalue weighted by atomic mass is 35.5. The molecule has 0 bridgehead atoms. The molecule has 4 heteroatoms. The molecule has 0 radical (unpaired) electrons. The summed E-state index contributed by atoms with van der Waals surface area (Å²) in [6.07, 6.45) is 1.69. The van der Waals surface area contributed by atoms with Gasteiger partial charge in [0.2, 0.25) is 0 Å². The number of ether oxygens (including phenoxy) is 1. The molecule has 0 heterocycles. The van der Waals surface area contributed by atoms with Crippen molar-refractivity contribution in [2.75, 3.05) is 13.0 Å². The van der Waals surface area contributed by atoms with Crippen molar-refractivity contribution in [3.8, 4) is 5.75 Å². The molecule has 0 aliphatic rings. The number of halogens is 3. The number of benzene rings is 2. The Kier molecular flexibility index (Phi) is 6.22. The average molecular weight is 344 g/mol. The normalized spacial score (nSPS) is 12.2. The SMILES string of the molecule is COc1ccc(Cl)cc1CC(CCl)Cc1cccc(Cl)c1. The molecule has 0 aliphatic carbocycles. The van der Waals surface area contributed by atoms with Crippen LogP contribution in [0.5, 0.6) is 5.75 Å². The van der Waals surface area contributed by atoms with Gasteiger partial charge in [-0.05, 0) is 60.2 Å². The lowest BCUT2D eigenvalue weighted by Gasteiger charge is -2.16. The quantitative estimate of drug-likeness (QED) is 0.616. The lowest BCUT2D eigenvalue weighted by Crippen LogP contribution is -2.11. The van der Waals surface area contributed by atoms with Crippen molar-refractivity contribution in [2.24, 2.45) is 5.92 Å². The summed E-state index contributed by atoms with van der Waals surface area (Å²) in [6, 6.07) is 13.6. The molecule has 1 nitrogen and oxygen atoms in total. The van der Waals surface area contributed by atoms with E-state index >= 15 is 0 Å². The zero-order chi connectivity index (χ0) is 15.2. The maximum absolute atomic E-state index is 6.14. The van der Waals surface area contributed by atoms with Crippen LogP contribution in [0.3, 0.4) is 0 Å². The summed E-state index contributed by atoms with van der Waals surface area (Å²) in [4.78, 5) is 0. The monoisotopic (exact) mass is 342 g/mol. The summed E-state index contributed by atoms with van der Waals surface area (Å²) in [5, 5.41) is 1.46. The molecular weight excluding hydrogens is 327 g/mol. The molecule has 112 valence electrons. The first-order chi connectivity index (χ1) is 10.1. The molecule has 2 aromatic carbocycles. The Morgan fingerprint density at radius 2 is 1.76 bits per heavy atom. The van der Waals surface area contributed by atoms with Crippen LogP contribution in [0.1, 0.15) is 11.1 Å². The lowest BCUT2D eigenvalue weighted by molar-refractivity contribution is 0.405. The van der Waals surface area contributed by atoms with Crippen molar-refractivity contribution in [3.05, 3.63) is 63.6 Å². The van der Waals surface area contributed by atoms with Crippen LogP contribution in [0.4, 0.5) is 0 Å². The largest absolute Gasteiger partial charge is 0.496 e. The highest BCUT2D eigenvalue weighted by Gasteiger charge is 2.13. The minimum Gasteiger partial charge on any atom is -0.496 e. The molecule has 2 aromatic rings. The van der Waals surface area contributed by atoms with E-state index < -0.39 is 0 Å².